The van der Waals surface area contributed by atoms with E-state index >= 15 is 0 Å². The highest BCUT2D eigenvalue weighted by molar-refractivity contribution is 5.73. The first-order valence-electron chi connectivity index (χ1n) is 6.63. The zero-order chi connectivity index (χ0) is 12.3. The number of likely N-dealkylation sites (tertiary alicyclic amines) is 1. The zero-order valence-electron chi connectivity index (χ0n) is 10.7. The van der Waals surface area contributed by atoms with Crippen molar-refractivity contribution < 1.29 is 14.6 Å². The van der Waals surface area contributed by atoms with Crippen molar-refractivity contribution in [1.82, 2.24) is 4.90 Å². The molecule has 1 heterocycles. The van der Waals surface area contributed by atoms with Crippen molar-refractivity contribution in [3.8, 4) is 0 Å². The lowest BCUT2D eigenvalue weighted by molar-refractivity contribution is -0.150. The van der Waals surface area contributed by atoms with Crippen LogP contribution >= 0.6 is 0 Å². The number of aliphatic carboxylic acids is 1. The van der Waals surface area contributed by atoms with Crippen LogP contribution in [0.4, 0.5) is 0 Å². The van der Waals surface area contributed by atoms with E-state index in [4.69, 9.17) is 4.74 Å². The number of hydrogen-bond donors (Lipinski definition) is 1. The van der Waals surface area contributed by atoms with Crippen molar-refractivity contribution in [2.24, 2.45) is 5.41 Å². The Morgan fingerprint density at radius 2 is 2.06 bits per heavy atom. The molecule has 1 atom stereocenters. The molecule has 0 aromatic carbocycles. The molecule has 4 nitrogen and oxygen atoms in total. The van der Waals surface area contributed by atoms with Crippen LogP contribution in [0, 0.1) is 5.41 Å². The van der Waals surface area contributed by atoms with E-state index in [1.807, 2.05) is 0 Å². The van der Waals surface area contributed by atoms with Crippen LogP contribution in [0.25, 0.3) is 0 Å². The molecule has 0 amide bonds. The second-order valence-corrected chi connectivity index (χ2v) is 5.60. The van der Waals surface area contributed by atoms with Crippen molar-refractivity contribution >= 4 is 5.97 Å². The zero-order valence-corrected chi connectivity index (χ0v) is 10.7. The third-order valence-corrected chi connectivity index (χ3v) is 4.29. The van der Waals surface area contributed by atoms with Crippen LogP contribution in [0.2, 0.25) is 0 Å². The number of methoxy groups -OCH3 is 1. The highest BCUT2D eigenvalue weighted by Crippen LogP contribution is 2.46. The molecule has 2 fully saturated rings. The lowest BCUT2D eigenvalue weighted by atomic mass is 9.77. The molecule has 2 rings (SSSR count). The number of carboxylic acid groups (broad SMARTS) is 1. The molecule has 17 heavy (non-hydrogen) atoms. The molecule has 1 saturated carbocycles. The number of carbonyl (C=O) groups is 1. The van der Waals surface area contributed by atoms with Gasteiger partial charge in [-0.05, 0) is 31.1 Å². The van der Waals surface area contributed by atoms with Gasteiger partial charge in [0.25, 0.3) is 0 Å². The predicted octanol–water partition coefficient (Wildman–Crippen LogP) is 1.74. The van der Waals surface area contributed by atoms with Crippen LogP contribution in [0.3, 0.4) is 0 Å². The van der Waals surface area contributed by atoms with E-state index in [1.54, 1.807) is 7.11 Å². The van der Waals surface area contributed by atoms with Gasteiger partial charge in [0.05, 0.1) is 0 Å². The molecule has 1 spiro atoms. The Labute approximate surface area is 103 Å². The van der Waals surface area contributed by atoms with E-state index < -0.39 is 5.97 Å². The van der Waals surface area contributed by atoms with Crippen molar-refractivity contribution in [2.45, 2.75) is 44.6 Å². The van der Waals surface area contributed by atoms with Gasteiger partial charge in [0.2, 0.25) is 0 Å². The standard InChI is InChI=1S/C13H23NO3/c1-17-8-4-5-11(12(15)16)14-9-13(10-14)6-2-3-7-13/h11H,2-10H2,1H3,(H,15,16). The summed E-state index contributed by atoms with van der Waals surface area (Å²) in [6, 6.07) is -0.295. The average Bonchev–Trinajstić information content (AvgIpc) is 2.71. The molecule has 1 saturated heterocycles. The Morgan fingerprint density at radius 1 is 1.41 bits per heavy atom. The number of carboxylic acids is 1. The first-order chi connectivity index (χ1) is 8.17. The maximum atomic E-state index is 11.2. The Bertz CT molecular complexity index is 266. The van der Waals surface area contributed by atoms with Gasteiger partial charge in [0.15, 0.2) is 0 Å². The third-order valence-electron chi connectivity index (χ3n) is 4.29. The molecule has 0 aromatic rings. The van der Waals surface area contributed by atoms with E-state index in [-0.39, 0.29) is 6.04 Å². The van der Waals surface area contributed by atoms with E-state index in [9.17, 15) is 9.90 Å². The summed E-state index contributed by atoms with van der Waals surface area (Å²) in [4.78, 5) is 13.4. The van der Waals surface area contributed by atoms with Crippen molar-refractivity contribution in [3.63, 3.8) is 0 Å². The van der Waals surface area contributed by atoms with Gasteiger partial charge in [-0.3, -0.25) is 9.69 Å². The number of hydrogen-bond acceptors (Lipinski definition) is 3. The largest absolute Gasteiger partial charge is 0.480 e. The monoisotopic (exact) mass is 241 g/mol. The minimum atomic E-state index is -0.672. The molecule has 2 aliphatic rings. The van der Waals surface area contributed by atoms with E-state index in [1.165, 1.54) is 25.7 Å². The molecule has 0 bridgehead atoms. The van der Waals surface area contributed by atoms with Crippen molar-refractivity contribution in [2.75, 3.05) is 26.8 Å². The second kappa shape index (κ2) is 5.36. The molecule has 1 N–H and O–H groups in total. The molecule has 1 unspecified atom stereocenters. The van der Waals surface area contributed by atoms with Crippen molar-refractivity contribution in [1.29, 1.82) is 0 Å². The Kier molecular flexibility index (Phi) is 4.05. The first kappa shape index (κ1) is 12.8. The maximum Gasteiger partial charge on any atom is 0.320 e. The summed E-state index contributed by atoms with van der Waals surface area (Å²) in [6.45, 7) is 2.65. The van der Waals surface area contributed by atoms with Crippen LogP contribution in [-0.4, -0.2) is 48.8 Å². The molecule has 1 aliphatic heterocycles. The summed E-state index contributed by atoms with van der Waals surface area (Å²) >= 11 is 0. The summed E-state index contributed by atoms with van der Waals surface area (Å²) in [5.41, 5.74) is 0.481. The maximum absolute atomic E-state index is 11.2. The molecular weight excluding hydrogens is 218 g/mol. The second-order valence-electron chi connectivity index (χ2n) is 5.60. The predicted molar refractivity (Wildman–Crippen MR) is 65.0 cm³/mol. The summed E-state index contributed by atoms with van der Waals surface area (Å²) < 4.78 is 4.99. The number of nitrogens with zero attached hydrogens (tertiary/aromatic N) is 1. The minimum absolute atomic E-state index is 0.295. The van der Waals surface area contributed by atoms with Gasteiger partial charge >= 0.3 is 5.97 Å². The fourth-order valence-corrected chi connectivity index (χ4v) is 3.36. The molecule has 0 radical (unpaired) electrons. The Hall–Kier alpha value is -0.610. The third kappa shape index (κ3) is 2.80. The molecule has 4 heteroatoms. The summed E-state index contributed by atoms with van der Waals surface area (Å²) in [5, 5.41) is 9.26. The van der Waals surface area contributed by atoms with Gasteiger partial charge in [0.1, 0.15) is 6.04 Å². The average molecular weight is 241 g/mol. The van der Waals surface area contributed by atoms with Crippen molar-refractivity contribution in [3.05, 3.63) is 0 Å². The molecule has 0 aromatic heterocycles. The molecule has 1 aliphatic carbocycles. The van der Waals surface area contributed by atoms with Crippen LogP contribution in [-0.2, 0) is 9.53 Å². The van der Waals surface area contributed by atoms with Crippen LogP contribution in [0.5, 0.6) is 0 Å². The lowest BCUT2D eigenvalue weighted by Crippen LogP contribution is -2.60. The van der Waals surface area contributed by atoms with E-state index in [2.05, 4.69) is 4.90 Å². The fraction of sp³-hybridized carbons (Fsp3) is 0.923. The summed E-state index contributed by atoms with van der Waals surface area (Å²) in [6.07, 6.45) is 6.79. The van der Waals surface area contributed by atoms with Gasteiger partial charge in [-0.2, -0.15) is 0 Å². The molecular formula is C13H23NO3. The number of rotatable bonds is 6. The Balaban J connectivity index is 1.80. The SMILES string of the molecule is COCCCC(C(=O)O)N1CC2(CCCC2)C1. The Morgan fingerprint density at radius 3 is 2.59 bits per heavy atom. The summed E-state index contributed by atoms with van der Waals surface area (Å²) in [5.74, 6) is -0.672. The highest BCUT2D eigenvalue weighted by Gasteiger charge is 2.47. The quantitative estimate of drug-likeness (QED) is 0.720. The fourth-order valence-electron chi connectivity index (χ4n) is 3.36. The van der Waals surface area contributed by atoms with E-state index in [0.717, 1.165) is 19.5 Å². The first-order valence-corrected chi connectivity index (χ1v) is 6.63. The van der Waals surface area contributed by atoms with Crippen LogP contribution in [0.15, 0.2) is 0 Å². The topological polar surface area (TPSA) is 49.8 Å². The minimum Gasteiger partial charge on any atom is -0.480 e. The number of ether oxygens (including phenoxy) is 1. The highest BCUT2D eigenvalue weighted by atomic mass is 16.5. The van der Waals surface area contributed by atoms with Crippen LogP contribution in [0.1, 0.15) is 38.5 Å². The smallest absolute Gasteiger partial charge is 0.320 e. The normalized spacial score (nSPS) is 24.8. The van der Waals surface area contributed by atoms with Gasteiger partial charge in [-0.1, -0.05) is 12.8 Å². The molecule has 98 valence electrons. The summed E-state index contributed by atoms with van der Waals surface area (Å²) in [7, 11) is 1.66. The lowest BCUT2D eigenvalue weighted by Gasteiger charge is -2.50. The van der Waals surface area contributed by atoms with Gasteiger partial charge in [-0.25, -0.2) is 0 Å². The van der Waals surface area contributed by atoms with Gasteiger partial charge in [0, 0.05) is 26.8 Å². The van der Waals surface area contributed by atoms with Gasteiger partial charge in [-0.15, -0.1) is 0 Å². The van der Waals surface area contributed by atoms with Gasteiger partial charge < -0.3 is 9.84 Å². The van der Waals surface area contributed by atoms with Crippen LogP contribution < -0.4 is 0 Å². The van der Waals surface area contributed by atoms with E-state index in [0.29, 0.717) is 18.4 Å².